The Hall–Kier alpha value is -3.98. The van der Waals surface area contributed by atoms with Crippen LogP contribution in [0.15, 0.2) is 72.8 Å². The fraction of sp³-hybridized carbons (Fsp3) is 0.0870. The topological polar surface area (TPSA) is 49.6 Å². The molecule has 0 unspecified atom stereocenters. The summed E-state index contributed by atoms with van der Waals surface area (Å²) in [6.07, 6.45) is 2.46. The third-order valence-electron chi connectivity index (χ3n) is 4.04. The minimum absolute atomic E-state index is 0.673. The molecule has 0 spiro atoms. The summed E-state index contributed by atoms with van der Waals surface area (Å²) >= 11 is 0. The number of hydrogen-bond donors (Lipinski definition) is 1. The van der Waals surface area contributed by atoms with Gasteiger partial charge in [-0.3, -0.25) is 0 Å². The molecule has 3 aromatic carbocycles. The van der Waals surface area contributed by atoms with Crippen molar-refractivity contribution in [2.24, 2.45) is 0 Å². The van der Waals surface area contributed by atoms with E-state index in [-0.39, 0.29) is 0 Å². The van der Waals surface area contributed by atoms with Gasteiger partial charge in [0.1, 0.15) is 0 Å². The van der Waals surface area contributed by atoms with E-state index in [4.69, 9.17) is 23.3 Å². The number of benzene rings is 3. The van der Waals surface area contributed by atoms with Crippen LogP contribution in [-0.2, 0) is 17.6 Å². The fourth-order valence-electron chi connectivity index (χ4n) is 2.72. The first-order valence-corrected chi connectivity index (χ1v) is 8.23. The van der Waals surface area contributed by atoms with E-state index in [0.717, 1.165) is 18.9 Å². The molecule has 1 N–H and O–H groups in total. The zero-order valence-electron chi connectivity index (χ0n) is 14.6. The van der Waals surface area contributed by atoms with Gasteiger partial charge in [-0.1, -0.05) is 72.8 Å². The smallest absolute Gasteiger partial charge is 0.231 e. The van der Waals surface area contributed by atoms with Crippen LogP contribution < -0.4 is 0 Å². The first-order chi connectivity index (χ1) is 13.2. The average Bonchev–Trinajstić information content (AvgIpc) is 2.71. The molecule has 4 nitrogen and oxygen atoms in total. The first kappa shape index (κ1) is 19.3. The molecule has 0 aromatic heterocycles. The Morgan fingerprint density at radius 1 is 0.704 bits per heavy atom. The van der Waals surface area contributed by atoms with E-state index in [0.29, 0.717) is 11.4 Å². The maximum Gasteiger partial charge on any atom is 0.231 e. The number of hydrogen-bond acceptors (Lipinski definition) is 2. The molecule has 3 aromatic rings. The zero-order valence-corrected chi connectivity index (χ0v) is 14.6. The van der Waals surface area contributed by atoms with E-state index in [1.165, 1.54) is 22.3 Å². The van der Waals surface area contributed by atoms with Crippen LogP contribution in [0.25, 0.3) is 9.69 Å². The van der Waals surface area contributed by atoms with Crippen molar-refractivity contribution in [3.8, 4) is 0 Å². The molecule has 3 rings (SSSR count). The summed E-state index contributed by atoms with van der Waals surface area (Å²) in [5.74, 6) is 0. The largest absolute Gasteiger partial charge is 0.238 e. The average molecular weight is 351 g/mol. The van der Waals surface area contributed by atoms with Gasteiger partial charge in [-0.25, -0.2) is 19.9 Å². The number of rotatable bonds is 4. The van der Waals surface area contributed by atoms with Crippen molar-refractivity contribution >= 4 is 17.5 Å². The molecule has 0 fully saturated rings. The second-order valence-corrected chi connectivity index (χ2v) is 5.78. The Labute approximate surface area is 158 Å². The molecule has 0 aliphatic heterocycles. The van der Waals surface area contributed by atoms with Crippen LogP contribution in [0.1, 0.15) is 22.3 Å². The van der Waals surface area contributed by atoms with Crippen LogP contribution in [0.5, 0.6) is 0 Å². The zero-order chi connectivity index (χ0) is 19.5. The minimum atomic E-state index is 0.673. The van der Waals surface area contributed by atoms with Crippen molar-refractivity contribution in [2.45, 2.75) is 12.8 Å². The van der Waals surface area contributed by atoms with Crippen LogP contribution in [-0.4, -0.2) is 6.08 Å². The Morgan fingerprint density at radius 3 is 1.33 bits per heavy atom. The summed E-state index contributed by atoms with van der Waals surface area (Å²) in [4.78, 5) is 15.2. The highest BCUT2D eigenvalue weighted by Gasteiger charge is 2.05. The SMILES string of the molecule is N=C=O.[C-]#[N+]c1ccc(Cc2ccccc2Cc2ccc([N+]#[C-])cc2)cc1. The molecule has 0 heterocycles. The van der Waals surface area contributed by atoms with Crippen LogP contribution in [0.4, 0.5) is 11.4 Å². The first-order valence-electron chi connectivity index (χ1n) is 8.23. The van der Waals surface area contributed by atoms with Crippen LogP contribution in [0.3, 0.4) is 0 Å². The van der Waals surface area contributed by atoms with Gasteiger partial charge in [-0.2, -0.15) is 0 Å². The maximum atomic E-state index is 8.35. The van der Waals surface area contributed by atoms with Crippen molar-refractivity contribution in [3.05, 3.63) is 118 Å². The van der Waals surface area contributed by atoms with Gasteiger partial charge in [0.2, 0.25) is 6.08 Å². The van der Waals surface area contributed by atoms with Crippen LogP contribution in [0.2, 0.25) is 0 Å². The van der Waals surface area contributed by atoms with Gasteiger partial charge >= 0.3 is 0 Å². The molecule has 0 saturated heterocycles. The van der Waals surface area contributed by atoms with E-state index in [2.05, 4.69) is 34.0 Å². The Balaban J connectivity index is 0.000000817. The standard InChI is InChI=1S/C22H16N2.CHNO/c1-23-21-11-7-17(8-12-21)15-19-5-3-4-6-20(19)16-18-9-13-22(24-2)14-10-18;2-1-3/h3-14H,15-16H2;2H. The fourth-order valence-corrected chi connectivity index (χ4v) is 2.72. The van der Waals surface area contributed by atoms with Gasteiger partial charge in [0.15, 0.2) is 11.4 Å². The second kappa shape index (κ2) is 10.1. The lowest BCUT2D eigenvalue weighted by molar-refractivity contribution is 0.563. The summed E-state index contributed by atoms with van der Waals surface area (Å²) in [6, 6.07) is 24.0. The highest BCUT2D eigenvalue weighted by molar-refractivity contribution is 5.48. The predicted octanol–water partition coefficient (Wildman–Crippen LogP) is 5.87. The highest BCUT2D eigenvalue weighted by atomic mass is 16.1. The molecule has 130 valence electrons. The maximum absolute atomic E-state index is 8.35. The summed E-state index contributed by atoms with van der Waals surface area (Å²) in [7, 11) is 0. The summed E-state index contributed by atoms with van der Waals surface area (Å²) in [6.45, 7) is 14.1. The van der Waals surface area contributed by atoms with Crippen molar-refractivity contribution in [1.29, 1.82) is 5.41 Å². The van der Waals surface area contributed by atoms with Crippen molar-refractivity contribution in [3.63, 3.8) is 0 Å². The summed E-state index contributed by atoms with van der Waals surface area (Å²) < 4.78 is 0. The molecule has 0 bridgehead atoms. The molecule has 0 radical (unpaired) electrons. The molecule has 0 aliphatic carbocycles. The van der Waals surface area contributed by atoms with Gasteiger partial charge < -0.3 is 0 Å². The van der Waals surface area contributed by atoms with E-state index >= 15 is 0 Å². The number of isocyanates is 1. The Bertz CT molecular complexity index is 923. The third-order valence-corrected chi connectivity index (χ3v) is 4.04. The molecule has 0 atom stereocenters. The lowest BCUT2D eigenvalue weighted by Crippen LogP contribution is -1.97. The number of carbonyl (C=O) groups excluding carboxylic acids is 1. The summed E-state index contributed by atoms with van der Waals surface area (Å²) in [5, 5.41) is 5.40. The molecular formula is C23H17N3O. The van der Waals surface area contributed by atoms with Gasteiger partial charge in [-0.05, 0) is 35.1 Å². The van der Waals surface area contributed by atoms with Crippen LogP contribution >= 0.6 is 0 Å². The predicted molar refractivity (Wildman–Crippen MR) is 106 cm³/mol. The Morgan fingerprint density at radius 2 is 1.04 bits per heavy atom. The molecule has 0 aliphatic rings. The lowest BCUT2D eigenvalue weighted by Gasteiger charge is -2.10. The van der Waals surface area contributed by atoms with Crippen molar-refractivity contribution in [2.75, 3.05) is 0 Å². The number of nitrogens with one attached hydrogen (secondary N) is 1. The van der Waals surface area contributed by atoms with E-state index < -0.39 is 0 Å². The lowest BCUT2D eigenvalue weighted by atomic mass is 9.95. The van der Waals surface area contributed by atoms with E-state index in [1.807, 2.05) is 48.5 Å². The highest BCUT2D eigenvalue weighted by Crippen LogP contribution is 2.21. The van der Waals surface area contributed by atoms with E-state index in [1.54, 1.807) is 0 Å². The monoisotopic (exact) mass is 351 g/mol. The van der Waals surface area contributed by atoms with Crippen molar-refractivity contribution < 1.29 is 4.79 Å². The van der Waals surface area contributed by atoms with E-state index in [9.17, 15) is 0 Å². The van der Waals surface area contributed by atoms with Crippen LogP contribution in [0, 0.1) is 18.6 Å². The molecule has 27 heavy (non-hydrogen) atoms. The normalized spacial score (nSPS) is 9.11. The second-order valence-electron chi connectivity index (χ2n) is 5.78. The summed E-state index contributed by atoms with van der Waals surface area (Å²) in [5.41, 5.74) is 6.35. The molecule has 4 heteroatoms. The van der Waals surface area contributed by atoms with Gasteiger partial charge in [0.05, 0.1) is 13.1 Å². The molecule has 0 saturated carbocycles. The van der Waals surface area contributed by atoms with Gasteiger partial charge in [-0.15, -0.1) is 0 Å². The Kier molecular flexibility index (Phi) is 7.24. The minimum Gasteiger partial charge on any atom is -0.238 e. The van der Waals surface area contributed by atoms with Crippen molar-refractivity contribution in [1.82, 2.24) is 0 Å². The quantitative estimate of drug-likeness (QED) is 0.357. The number of nitrogens with zero attached hydrogens (tertiary/aromatic N) is 2. The van der Waals surface area contributed by atoms with Gasteiger partial charge in [0.25, 0.3) is 0 Å². The molecular weight excluding hydrogens is 334 g/mol. The molecule has 0 amide bonds. The third kappa shape index (κ3) is 5.80. The van der Waals surface area contributed by atoms with Gasteiger partial charge in [0, 0.05) is 0 Å².